The molecule has 150 valence electrons. The molecule has 0 saturated carbocycles. The summed E-state index contributed by atoms with van der Waals surface area (Å²) in [5.74, 6) is 0.756. The summed E-state index contributed by atoms with van der Waals surface area (Å²) in [5, 5.41) is 1.53. The Morgan fingerprint density at radius 2 is 1.97 bits per heavy atom. The van der Waals surface area contributed by atoms with Crippen molar-refractivity contribution >= 4 is 22.6 Å². The lowest BCUT2D eigenvalue weighted by atomic mass is 9.97. The van der Waals surface area contributed by atoms with Crippen LogP contribution in [0.2, 0.25) is 5.02 Å². The molecule has 30 heavy (non-hydrogen) atoms. The monoisotopic (exact) mass is 418 g/mol. The third-order valence-corrected chi connectivity index (χ3v) is 5.69. The van der Waals surface area contributed by atoms with Crippen LogP contribution in [0.3, 0.4) is 0 Å². The van der Waals surface area contributed by atoms with Crippen molar-refractivity contribution in [2.75, 3.05) is 6.73 Å². The molecule has 0 spiro atoms. The van der Waals surface area contributed by atoms with Gasteiger partial charge in [0.2, 0.25) is 0 Å². The molecule has 0 atom stereocenters. The van der Waals surface area contributed by atoms with Crippen molar-refractivity contribution in [3.8, 4) is 16.9 Å². The van der Waals surface area contributed by atoms with Crippen LogP contribution in [0.4, 0.5) is 0 Å². The fraction of sp³-hybridized carbons (Fsp3) is 0.167. The number of aryl methyl sites for hydroxylation is 1. The summed E-state index contributed by atoms with van der Waals surface area (Å²) in [6.07, 6.45) is 3.61. The molecule has 6 heteroatoms. The molecule has 0 aliphatic carbocycles. The van der Waals surface area contributed by atoms with Crippen LogP contribution in [-0.4, -0.2) is 16.6 Å². The van der Waals surface area contributed by atoms with Crippen molar-refractivity contribution in [2.24, 2.45) is 0 Å². The number of rotatable bonds is 3. The number of hydrogen-bond acceptors (Lipinski definition) is 5. The van der Waals surface area contributed by atoms with E-state index in [1.54, 1.807) is 18.3 Å². The zero-order valence-electron chi connectivity index (χ0n) is 16.4. The smallest absolute Gasteiger partial charge is 0.344 e. The van der Waals surface area contributed by atoms with Gasteiger partial charge in [-0.15, -0.1) is 0 Å². The average Bonchev–Trinajstić information content (AvgIpc) is 2.76. The third kappa shape index (κ3) is 3.36. The maximum atomic E-state index is 12.9. The van der Waals surface area contributed by atoms with E-state index in [1.165, 1.54) is 0 Å². The quantitative estimate of drug-likeness (QED) is 0.430. The molecular weight excluding hydrogens is 400 g/mol. The van der Waals surface area contributed by atoms with Gasteiger partial charge in [0.15, 0.2) is 0 Å². The van der Waals surface area contributed by atoms with Crippen LogP contribution in [0, 0.1) is 6.92 Å². The van der Waals surface area contributed by atoms with Gasteiger partial charge in [-0.1, -0.05) is 29.8 Å². The molecule has 0 amide bonds. The van der Waals surface area contributed by atoms with Crippen molar-refractivity contribution in [3.63, 3.8) is 0 Å². The first-order chi connectivity index (χ1) is 14.6. The molecule has 2 aromatic carbocycles. The van der Waals surface area contributed by atoms with Crippen LogP contribution in [0.15, 0.2) is 70.1 Å². The highest BCUT2D eigenvalue weighted by Gasteiger charge is 2.24. The number of nitrogens with zero attached hydrogens (tertiary/aromatic N) is 2. The summed E-state index contributed by atoms with van der Waals surface area (Å²) in [6.45, 7) is 3.76. The van der Waals surface area contributed by atoms with Gasteiger partial charge in [0.25, 0.3) is 0 Å². The normalized spacial score (nSPS) is 13.8. The van der Waals surface area contributed by atoms with Crippen LogP contribution >= 0.6 is 11.6 Å². The Kier molecular flexibility index (Phi) is 4.77. The number of pyridine rings is 1. The van der Waals surface area contributed by atoms with Crippen LogP contribution in [0.1, 0.15) is 16.7 Å². The second-order valence-corrected chi connectivity index (χ2v) is 7.87. The van der Waals surface area contributed by atoms with Gasteiger partial charge in [0, 0.05) is 35.9 Å². The molecule has 5 rings (SSSR count). The molecule has 1 aliphatic rings. The Balaban J connectivity index is 1.58. The van der Waals surface area contributed by atoms with E-state index in [0.717, 1.165) is 33.4 Å². The minimum Gasteiger partial charge on any atom is -0.478 e. The number of hydrogen-bond donors (Lipinski definition) is 0. The van der Waals surface area contributed by atoms with Crippen LogP contribution < -0.4 is 10.4 Å². The molecule has 0 unspecified atom stereocenters. The van der Waals surface area contributed by atoms with Gasteiger partial charge in [-0.25, -0.2) is 4.79 Å². The largest absolute Gasteiger partial charge is 0.478 e. The standard InChI is InChI=1S/C24H19ClN2O3/c1-15-19-8-9-21-20(13-27(14-29-21)12-16-3-2-10-26-11-16)23(19)30-24(28)22(15)17-4-6-18(25)7-5-17/h2-11H,12-14H2,1H3. The molecule has 5 nitrogen and oxygen atoms in total. The van der Waals surface area contributed by atoms with Crippen LogP contribution in [-0.2, 0) is 13.1 Å². The van der Waals surface area contributed by atoms with Crippen molar-refractivity contribution < 1.29 is 9.15 Å². The Hall–Kier alpha value is -3.15. The van der Waals surface area contributed by atoms with Crippen molar-refractivity contribution in [3.05, 3.63) is 93.1 Å². The molecule has 0 fully saturated rings. The van der Waals surface area contributed by atoms with Crippen molar-refractivity contribution in [1.29, 1.82) is 0 Å². The summed E-state index contributed by atoms with van der Waals surface area (Å²) < 4.78 is 11.8. The van der Waals surface area contributed by atoms with Gasteiger partial charge < -0.3 is 9.15 Å². The minimum atomic E-state index is -0.361. The highest BCUT2D eigenvalue weighted by molar-refractivity contribution is 6.30. The van der Waals surface area contributed by atoms with E-state index in [4.69, 9.17) is 20.8 Å². The van der Waals surface area contributed by atoms with E-state index in [0.29, 0.717) is 36.0 Å². The SMILES string of the molecule is Cc1c(-c2ccc(Cl)cc2)c(=O)oc2c3c(ccc12)OCN(Cc1cccnc1)C3. The predicted octanol–water partition coefficient (Wildman–Crippen LogP) is 5.17. The van der Waals surface area contributed by atoms with Crippen molar-refractivity contribution in [2.45, 2.75) is 20.0 Å². The summed E-state index contributed by atoms with van der Waals surface area (Å²) in [5.41, 5.74) is 4.46. The highest BCUT2D eigenvalue weighted by atomic mass is 35.5. The molecule has 4 aromatic rings. The Labute approximate surface area is 178 Å². The second kappa shape index (κ2) is 7.59. The first kappa shape index (κ1) is 18.9. The molecule has 0 saturated heterocycles. The Morgan fingerprint density at radius 3 is 2.73 bits per heavy atom. The van der Waals surface area contributed by atoms with Gasteiger partial charge in [0.1, 0.15) is 18.1 Å². The lowest BCUT2D eigenvalue weighted by Crippen LogP contribution is -2.31. The Morgan fingerprint density at radius 1 is 1.13 bits per heavy atom. The topological polar surface area (TPSA) is 55.6 Å². The number of fused-ring (bicyclic) bond motifs is 3. The van der Waals surface area contributed by atoms with Crippen molar-refractivity contribution in [1.82, 2.24) is 9.88 Å². The fourth-order valence-corrected chi connectivity index (χ4v) is 4.10. The fourth-order valence-electron chi connectivity index (χ4n) is 3.97. The average molecular weight is 419 g/mol. The van der Waals surface area contributed by atoms with E-state index in [2.05, 4.69) is 9.88 Å². The van der Waals surface area contributed by atoms with E-state index < -0.39 is 0 Å². The lowest BCUT2D eigenvalue weighted by Gasteiger charge is -2.29. The molecule has 3 heterocycles. The summed E-state index contributed by atoms with van der Waals surface area (Å²) >= 11 is 6.00. The molecule has 0 N–H and O–H groups in total. The predicted molar refractivity (Wildman–Crippen MR) is 117 cm³/mol. The number of halogens is 1. The van der Waals surface area contributed by atoms with E-state index in [1.807, 2.05) is 49.5 Å². The van der Waals surface area contributed by atoms with Gasteiger partial charge >= 0.3 is 5.63 Å². The number of benzene rings is 2. The summed E-state index contributed by atoms with van der Waals surface area (Å²) in [4.78, 5) is 19.3. The van der Waals surface area contributed by atoms with E-state index >= 15 is 0 Å². The summed E-state index contributed by atoms with van der Waals surface area (Å²) in [7, 11) is 0. The second-order valence-electron chi connectivity index (χ2n) is 7.44. The van der Waals surface area contributed by atoms with Gasteiger partial charge in [0.05, 0.1) is 11.1 Å². The zero-order chi connectivity index (χ0) is 20.7. The first-order valence-electron chi connectivity index (χ1n) is 9.69. The van der Waals surface area contributed by atoms with E-state index in [-0.39, 0.29) is 5.63 Å². The Bertz CT molecular complexity index is 1280. The molecule has 0 radical (unpaired) electrons. The first-order valence-corrected chi connectivity index (χ1v) is 10.1. The summed E-state index contributed by atoms with van der Waals surface area (Å²) in [6, 6.07) is 15.1. The minimum absolute atomic E-state index is 0.361. The molecule has 2 aromatic heterocycles. The number of aromatic nitrogens is 1. The highest BCUT2D eigenvalue weighted by Crippen LogP contribution is 2.35. The van der Waals surface area contributed by atoms with Gasteiger partial charge in [-0.2, -0.15) is 0 Å². The molecule has 1 aliphatic heterocycles. The van der Waals surface area contributed by atoms with E-state index in [9.17, 15) is 4.79 Å². The lowest BCUT2D eigenvalue weighted by molar-refractivity contribution is 0.0889. The number of ether oxygens (including phenoxy) is 1. The zero-order valence-corrected chi connectivity index (χ0v) is 17.1. The third-order valence-electron chi connectivity index (χ3n) is 5.44. The maximum absolute atomic E-state index is 12.9. The van der Waals surface area contributed by atoms with Crippen LogP contribution in [0.25, 0.3) is 22.1 Å². The molecular formula is C24H19ClN2O3. The van der Waals surface area contributed by atoms with Gasteiger partial charge in [-0.3, -0.25) is 9.88 Å². The van der Waals surface area contributed by atoms with Crippen LogP contribution in [0.5, 0.6) is 5.75 Å². The van der Waals surface area contributed by atoms with Gasteiger partial charge in [-0.05, 0) is 53.9 Å². The molecule has 0 bridgehead atoms. The maximum Gasteiger partial charge on any atom is 0.344 e.